The van der Waals surface area contributed by atoms with Crippen molar-refractivity contribution < 1.29 is 9.53 Å². The third-order valence-corrected chi connectivity index (χ3v) is 2.88. The topological polar surface area (TPSA) is 53.6 Å². The van der Waals surface area contributed by atoms with Crippen molar-refractivity contribution in [1.29, 1.82) is 0 Å². The predicted octanol–water partition coefficient (Wildman–Crippen LogP) is -1.20. The summed E-state index contributed by atoms with van der Waals surface area (Å²) in [6.45, 7) is 6.70. The van der Waals surface area contributed by atoms with Crippen LogP contribution in [0.2, 0.25) is 0 Å². The fourth-order valence-corrected chi connectivity index (χ4v) is 2.06. The summed E-state index contributed by atoms with van der Waals surface area (Å²) in [5.74, 6) is 0.135. The van der Waals surface area contributed by atoms with Gasteiger partial charge in [0.2, 0.25) is 0 Å². The lowest BCUT2D eigenvalue weighted by Gasteiger charge is -2.35. The van der Waals surface area contributed by atoms with Crippen LogP contribution in [0.4, 0.5) is 0 Å². The Morgan fingerprint density at radius 1 is 1.47 bits per heavy atom. The highest BCUT2D eigenvalue weighted by atomic mass is 16.5. The van der Waals surface area contributed by atoms with Gasteiger partial charge in [-0.05, 0) is 6.92 Å². The molecule has 0 spiro atoms. The zero-order chi connectivity index (χ0) is 10.7. The second kappa shape index (κ2) is 4.92. The summed E-state index contributed by atoms with van der Waals surface area (Å²) < 4.78 is 5.45. The van der Waals surface area contributed by atoms with Crippen molar-refractivity contribution in [2.75, 3.05) is 39.3 Å². The number of hydrogen-bond donors (Lipinski definition) is 2. The molecule has 86 valence electrons. The first kappa shape index (κ1) is 10.9. The number of nitrogens with one attached hydrogen (secondary N) is 2. The zero-order valence-electron chi connectivity index (χ0n) is 9.16. The van der Waals surface area contributed by atoms with Crippen molar-refractivity contribution in [2.45, 2.75) is 19.1 Å². The number of ether oxygens (including phenoxy) is 1. The van der Waals surface area contributed by atoms with Crippen LogP contribution >= 0.6 is 0 Å². The van der Waals surface area contributed by atoms with Gasteiger partial charge in [-0.2, -0.15) is 0 Å². The second-order valence-electron chi connectivity index (χ2n) is 4.20. The third kappa shape index (κ3) is 2.68. The van der Waals surface area contributed by atoms with Crippen LogP contribution in [0.25, 0.3) is 0 Å². The molecule has 0 unspecified atom stereocenters. The highest BCUT2D eigenvalue weighted by Gasteiger charge is 2.28. The quantitative estimate of drug-likeness (QED) is 0.574. The maximum absolute atomic E-state index is 12.0. The molecule has 5 heteroatoms. The van der Waals surface area contributed by atoms with Crippen LogP contribution in [-0.4, -0.2) is 62.3 Å². The van der Waals surface area contributed by atoms with Gasteiger partial charge in [0.05, 0.1) is 6.61 Å². The molecular formula is C10H19N3O2. The summed E-state index contributed by atoms with van der Waals surface area (Å²) in [5, 5.41) is 6.50. The number of amides is 1. The molecule has 0 radical (unpaired) electrons. The first-order valence-electron chi connectivity index (χ1n) is 5.62. The Bertz CT molecular complexity index is 229. The lowest BCUT2D eigenvalue weighted by Crippen LogP contribution is -2.56. The average Bonchev–Trinajstić information content (AvgIpc) is 2.29. The molecule has 15 heavy (non-hydrogen) atoms. The van der Waals surface area contributed by atoms with E-state index in [1.165, 1.54) is 0 Å². The lowest BCUT2D eigenvalue weighted by molar-refractivity contribution is -0.146. The fraction of sp³-hybridized carbons (Fsp3) is 0.900. The molecule has 0 aliphatic carbocycles. The maximum Gasteiger partial charge on any atom is 0.253 e. The van der Waals surface area contributed by atoms with E-state index in [1.807, 2.05) is 4.90 Å². The largest absolute Gasteiger partial charge is 0.366 e. The van der Waals surface area contributed by atoms with Crippen LogP contribution in [0.15, 0.2) is 0 Å². The van der Waals surface area contributed by atoms with E-state index in [1.54, 1.807) is 0 Å². The number of carbonyl (C=O) groups is 1. The number of carbonyl (C=O) groups excluding carboxylic acids is 1. The highest BCUT2D eigenvalue weighted by Crippen LogP contribution is 2.05. The van der Waals surface area contributed by atoms with E-state index in [-0.39, 0.29) is 12.0 Å². The Kier molecular flexibility index (Phi) is 3.56. The van der Waals surface area contributed by atoms with Gasteiger partial charge < -0.3 is 20.3 Å². The molecule has 0 aromatic heterocycles. The van der Waals surface area contributed by atoms with Crippen molar-refractivity contribution in [3.63, 3.8) is 0 Å². The van der Waals surface area contributed by atoms with E-state index in [2.05, 4.69) is 17.6 Å². The van der Waals surface area contributed by atoms with Gasteiger partial charge in [0, 0.05) is 38.8 Å². The van der Waals surface area contributed by atoms with E-state index in [9.17, 15) is 4.79 Å². The SMILES string of the molecule is C[C@@H]1CN(C(=O)[C@H]2CNCCO2)CCN1. The van der Waals surface area contributed by atoms with Gasteiger partial charge in [0.15, 0.2) is 0 Å². The van der Waals surface area contributed by atoms with E-state index >= 15 is 0 Å². The molecule has 2 aliphatic heterocycles. The van der Waals surface area contributed by atoms with Crippen LogP contribution in [0.1, 0.15) is 6.92 Å². The van der Waals surface area contributed by atoms with Gasteiger partial charge in [-0.15, -0.1) is 0 Å². The minimum Gasteiger partial charge on any atom is -0.366 e. The number of morpholine rings is 1. The smallest absolute Gasteiger partial charge is 0.253 e. The van der Waals surface area contributed by atoms with Crippen LogP contribution in [0.5, 0.6) is 0 Å². The molecule has 2 fully saturated rings. The minimum atomic E-state index is -0.274. The van der Waals surface area contributed by atoms with E-state index < -0.39 is 0 Å². The van der Waals surface area contributed by atoms with Crippen LogP contribution in [0.3, 0.4) is 0 Å². The fourth-order valence-electron chi connectivity index (χ4n) is 2.06. The lowest BCUT2D eigenvalue weighted by atomic mass is 10.2. The summed E-state index contributed by atoms with van der Waals surface area (Å²) in [4.78, 5) is 13.9. The van der Waals surface area contributed by atoms with Crippen LogP contribution in [0, 0.1) is 0 Å². The standard InChI is InChI=1S/C10H19N3O2/c1-8-7-13(4-2-12-8)10(14)9-6-11-3-5-15-9/h8-9,11-12H,2-7H2,1H3/t8-,9-/m1/s1. The molecule has 0 aromatic carbocycles. The molecule has 2 saturated heterocycles. The molecule has 0 aromatic rings. The average molecular weight is 213 g/mol. The number of rotatable bonds is 1. The van der Waals surface area contributed by atoms with Gasteiger partial charge in [-0.3, -0.25) is 4.79 Å². The summed E-state index contributed by atoms with van der Waals surface area (Å²) in [6, 6.07) is 0.388. The molecule has 1 amide bonds. The Morgan fingerprint density at radius 3 is 3.00 bits per heavy atom. The Labute approximate surface area is 90.1 Å². The van der Waals surface area contributed by atoms with Gasteiger partial charge in [-0.1, -0.05) is 0 Å². The molecule has 2 heterocycles. The molecule has 2 N–H and O–H groups in total. The summed E-state index contributed by atoms with van der Waals surface area (Å²) in [5.41, 5.74) is 0. The summed E-state index contributed by atoms with van der Waals surface area (Å²) >= 11 is 0. The molecule has 2 aliphatic rings. The van der Waals surface area contributed by atoms with E-state index in [0.29, 0.717) is 19.2 Å². The zero-order valence-corrected chi connectivity index (χ0v) is 9.16. The first-order chi connectivity index (χ1) is 7.27. The second-order valence-corrected chi connectivity index (χ2v) is 4.20. The molecule has 2 atom stereocenters. The van der Waals surface area contributed by atoms with E-state index in [4.69, 9.17) is 4.74 Å². The van der Waals surface area contributed by atoms with Crippen LogP contribution < -0.4 is 10.6 Å². The van der Waals surface area contributed by atoms with E-state index in [0.717, 1.165) is 26.2 Å². The highest BCUT2D eigenvalue weighted by molar-refractivity contribution is 5.81. The molecule has 0 bridgehead atoms. The van der Waals surface area contributed by atoms with Crippen molar-refractivity contribution in [3.05, 3.63) is 0 Å². The molecule has 5 nitrogen and oxygen atoms in total. The number of nitrogens with zero attached hydrogens (tertiary/aromatic N) is 1. The van der Waals surface area contributed by atoms with Gasteiger partial charge in [0.25, 0.3) is 5.91 Å². The maximum atomic E-state index is 12.0. The summed E-state index contributed by atoms with van der Waals surface area (Å²) in [6.07, 6.45) is -0.274. The van der Waals surface area contributed by atoms with Crippen molar-refractivity contribution in [3.8, 4) is 0 Å². The predicted molar refractivity (Wildman–Crippen MR) is 56.7 cm³/mol. The van der Waals surface area contributed by atoms with Gasteiger partial charge >= 0.3 is 0 Å². The molecule has 0 saturated carbocycles. The minimum absolute atomic E-state index is 0.135. The van der Waals surface area contributed by atoms with Crippen LogP contribution in [-0.2, 0) is 9.53 Å². The first-order valence-corrected chi connectivity index (χ1v) is 5.62. The Balaban J connectivity index is 1.88. The Hall–Kier alpha value is -0.650. The van der Waals surface area contributed by atoms with Crippen molar-refractivity contribution in [2.24, 2.45) is 0 Å². The van der Waals surface area contributed by atoms with Crippen molar-refractivity contribution >= 4 is 5.91 Å². The summed E-state index contributed by atoms with van der Waals surface area (Å²) in [7, 11) is 0. The normalized spacial score (nSPS) is 32.7. The van der Waals surface area contributed by atoms with Gasteiger partial charge in [-0.25, -0.2) is 0 Å². The molecule has 2 rings (SSSR count). The number of piperazine rings is 1. The number of hydrogen-bond acceptors (Lipinski definition) is 4. The molecular weight excluding hydrogens is 194 g/mol. The van der Waals surface area contributed by atoms with Gasteiger partial charge in [0.1, 0.15) is 6.10 Å². The monoisotopic (exact) mass is 213 g/mol. The third-order valence-electron chi connectivity index (χ3n) is 2.88. The Morgan fingerprint density at radius 2 is 2.33 bits per heavy atom. The van der Waals surface area contributed by atoms with Crippen molar-refractivity contribution in [1.82, 2.24) is 15.5 Å².